The van der Waals surface area contributed by atoms with E-state index in [2.05, 4.69) is 29.9 Å². The number of hydrogen-bond acceptors (Lipinski definition) is 3. The first-order valence-electron chi connectivity index (χ1n) is 6.05. The second-order valence-corrected chi connectivity index (χ2v) is 4.57. The Morgan fingerprint density at radius 2 is 1.95 bits per heavy atom. The van der Waals surface area contributed by atoms with E-state index in [9.17, 15) is 4.79 Å². The minimum absolute atomic E-state index is 0.556. The molecule has 0 atom stereocenters. The first-order chi connectivity index (χ1) is 9.20. The van der Waals surface area contributed by atoms with Gasteiger partial charge in [-0.2, -0.15) is 0 Å². The summed E-state index contributed by atoms with van der Waals surface area (Å²) in [6, 6.07) is 7.62. The quantitative estimate of drug-likeness (QED) is 0.658. The number of nitrogens with zero attached hydrogens (tertiary/aromatic N) is 3. The predicted molar refractivity (Wildman–Crippen MR) is 73.7 cm³/mol. The van der Waals surface area contributed by atoms with Crippen LogP contribution >= 0.6 is 0 Å². The molecule has 0 saturated heterocycles. The molecule has 19 heavy (non-hydrogen) atoms. The van der Waals surface area contributed by atoms with Crippen molar-refractivity contribution in [1.82, 2.24) is 14.5 Å². The number of imidazole rings is 1. The van der Waals surface area contributed by atoms with Crippen LogP contribution < -0.4 is 0 Å². The molecule has 2 aromatic heterocycles. The van der Waals surface area contributed by atoms with Crippen LogP contribution in [0.3, 0.4) is 0 Å². The average molecular weight is 251 g/mol. The molecular formula is C15H13N3O. The van der Waals surface area contributed by atoms with Crippen molar-refractivity contribution in [3.63, 3.8) is 0 Å². The lowest BCUT2D eigenvalue weighted by atomic mass is 10.1. The Morgan fingerprint density at radius 3 is 2.74 bits per heavy atom. The van der Waals surface area contributed by atoms with Crippen LogP contribution in [0.1, 0.15) is 21.5 Å². The van der Waals surface area contributed by atoms with Gasteiger partial charge < -0.3 is 0 Å². The van der Waals surface area contributed by atoms with E-state index in [0.717, 1.165) is 17.3 Å². The molecule has 94 valence electrons. The van der Waals surface area contributed by atoms with Crippen LogP contribution in [0.4, 0.5) is 0 Å². The fourth-order valence-corrected chi connectivity index (χ4v) is 2.14. The molecule has 4 nitrogen and oxygen atoms in total. The smallest absolute Gasteiger partial charge is 0.153 e. The number of fused-ring (bicyclic) bond motifs is 1. The highest BCUT2D eigenvalue weighted by Gasteiger charge is 2.10. The van der Waals surface area contributed by atoms with E-state index in [1.165, 1.54) is 11.1 Å². The highest BCUT2D eigenvalue weighted by molar-refractivity contribution is 5.84. The Morgan fingerprint density at radius 1 is 1.16 bits per heavy atom. The zero-order valence-corrected chi connectivity index (χ0v) is 10.8. The molecular weight excluding hydrogens is 238 g/mol. The van der Waals surface area contributed by atoms with E-state index < -0.39 is 0 Å². The lowest BCUT2D eigenvalue weighted by Gasteiger charge is -2.06. The fraction of sp³-hybridized carbons (Fsp3) is 0.133. The number of aldehydes is 1. The largest absolute Gasteiger partial charge is 0.298 e. The third kappa shape index (κ3) is 1.81. The van der Waals surface area contributed by atoms with Crippen molar-refractivity contribution < 1.29 is 4.79 Å². The van der Waals surface area contributed by atoms with E-state index in [1.54, 1.807) is 24.7 Å². The Labute approximate surface area is 110 Å². The van der Waals surface area contributed by atoms with Gasteiger partial charge in [0.05, 0.1) is 16.6 Å². The van der Waals surface area contributed by atoms with E-state index in [0.29, 0.717) is 11.4 Å². The molecule has 0 aliphatic rings. The number of rotatable bonds is 2. The minimum Gasteiger partial charge on any atom is -0.298 e. The van der Waals surface area contributed by atoms with Gasteiger partial charge in [-0.05, 0) is 49.2 Å². The molecule has 0 fully saturated rings. The van der Waals surface area contributed by atoms with Gasteiger partial charge in [0.1, 0.15) is 12.1 Å². The van der Waals surface area contributed by atoms with Crippen LogP contribution in [0.25, 0.3) is 16.9 Å². The van der Waals surface area contributed by atoms with Crippen LogP contribution in [0.2, 0.25) is 0 Å². The summed E-state index contributed by atoms with van der Waals surface area (Å²) in [5.74, 6) is 0.614. The summed E-state index contributed by atoms with van der Waals surface area (Å²) >= 11 is 0. The zero-order chi connectivity index (χ0) is 13.4. The summed E-state index contributed by atoms with van der Waals surface area (Å²) in [5, 5.41) is 0. The van der Waals surface area contributed by atoms with Crippen molar-refractivity contribution in [2.24, 2.45) is 0 Å². The topological polar surface area (TPSA) is 47.8 Å². The monoisotopic (exact) mass is 251 g/mol. The highest BCUT2D eigenvalue weighted by atomic mass is 16.1. The van der Waals surface area contributed by atoms with Gasteiger partial charge in [-0.15, -0.1) is 0 Å². The number of carbonyl (C=O) groups excluding carboxylic acids is 1. The highest BCUT2D eigenvalue weighted by Crippen LogP contribution is 2.22. The van der Waals surface area contributed by atoms with Gasteiger partial charge in [0.15, 0.2) is 6.29 Å². The molecule has 0 radical (unpaired) electrons. The van der Waals surface area contributed by atoms with Gasteiger partial charge in [-0.25, -0.2) is 9.97 Å². The van der Waals surface area contributed by atoms with Crippen molar-refractivity contribution in [2.45, 2.75) is 13.8 Å². The van der Waals surface area contributed by atoms with Gasteiger partial charge in [0.25, 0.3) is 0 Å². The van der Waals surface area contributed by atoms with Crippen LogP contribution in [-0.2, 0) is 0 Å². The summed E-state index contributed by atoms with van der Waals surface area (Å²) < 4.78 is 1.85. The van der Waals surface area contributed by atoms with Crippen molar-refractivity contribution in [1.29, 1.82) is 0 Å². The van der Waals surface area contributed by atoms with Gasteiger partial charge in [-0.1, -0.05) is 0 Å². The molecule has 0 bridgehead atoms. The zero-order valence-electron chi connectivity index (χ0n) is 10.8. The van der Waals surface area contributed by atoms with Crippen molar-refractivity contribution >= 4 is 17.3 Å². The summed E-state index contributed by atoms with van der Waals surface area (Å²) in [4.78, 5) is 19.8. The standard InChI is InChI=1S/C15H13N3O/c1-10-6-13-14(7-11(10)2)18(9-17-13)15-12(8-19)4-3-5-16-15/h3-9H,1-2H3. The SMILES string of the molecule is Cc1cc2ncn(-c3ncccc3C=O)c2cc1C. The molecule has 0 unspecified atom stereocenters. The number of aromatic nitrogens is 3. The van der Waals surface area contributed by atoms with Gasteiger partial charge in [0, 0.05) is 6.20 Å². The Kier molecular flexibility index (Phi) is 2.63. The Balaban J connectivity index is 2.31. The predicted octanol–water partition coefficient (Wildman–Crippen LogP) is 2.85. The third-order valence-electron chi connectivity index (χ3n) is 3.33. The van der Waals surface area contributed by atoms with E-state index in [1.807, 2.05) is 10.6 Å². The van der Waals surface area contributed by atoms with Crippen LogP contribution in [0.15, 0.2) is 36.8 Å². The molecule has 0 amide bonds. The molecule has 0 aliphatic carbocycles. The number of pyridine rings is 1. The van der Waals surface area contributed by atoms with Crippen LogP contribution in [0.5, 0.6) is 0 Å². The third-order valence-corrected chi connectivity index (χ3v) is 3.33. The molecule has 3 aromatic rings. The molecule has 0 saturated carbocycles. The van der Waals surface area contributed by atoms with E-state index >= 15 is 0 Å². The van der Waals surface area contributed by atoms with Gasteiger partial charge in [-0.3, -0.25) is 9.36 Å². The van der Waals surface area contributed by atoms with Crippen LogP contribution in [0, 0.1) is 13.8 Å². The number of benzene rings is 1. The minimum atomic E-state index is 0.556. The Hall–Kier alpha value is -2.49. The lowest BCUT2D eigenvalue weighted by molar-refractivity contribution is 0.112. The summed E-state index contributed by atoms with van der Waals surface area (Å²) in [5.41, 5.74) is 4.82. The summed E-state index contributed by atoms with van der Waals surface area (Å²) in [6.07, 6.45) is 4.20. The number of hydrogen-bond donors (Lipinski definition) is 0. The summed E-state index contributed by atoms with van der Waals surface area (Å²) in [6.45, 7) is 4.12. The molecule has 2 heterocycles. The van der Waals surface area contributed by atoms with Crippen molar-refractivity contribution in [3.8, 4) is 5.82 Å². The van der Waals surface area contributed by atoms with Crippen molar-refractivity contribution in [2.75, 3.05) is 0 Å². The van der Waals surface area contributed by atoms with Gasteiger partial charge in [0.2, 0.25) is 0 Å². The van der Waals surface area contributed by atoms with Crippen molar-refractivity contribution in [3.05, 3.63) is 53.5 Å². The van der Waals surface area contributed by atoms with Gasteiger partial charge >= 0.3 is 0 Å². The normalized spacial score (nSPS) is 10.8. The molecule has 3 rings (SSSR count). The maximum Gasteiger partial charge on any atom is 0.153 e. The van der Waals surface area contributed by atoms with Crippen LogP contribution in [-0.4, -0.2) is 20.8 Å². The average Bonchev–Trinajstić information content (AvgIpc) is 2.82. The molecule has 0 spiro atoms. The molecule has 0 aliphatic heterocycles. The second-order valence-electron chi connectivity index (χ2n) is 4.57. The molecule has 0 N–H and O–H groups in total. The Bertz CT molecular complexity index is 774. The number of aryl methyl sites for hydroxylation is 2. The maximum absolute atomic E-state index is 11.1. The maximum atomic E-state index is 11.1. The molecule has 4 heteroatoms. The number of carbonyl (C=O) groups is 1. The fourth-order valence-electron chi connectivity index (χ4n) is 2.14. The van der Waals surface area contributed by atoms with E-state index in [-0.39, 0.29) is 0 Å². The molecule has 1 aromatic carbocycles. The second kappa shape index (κ2) is 4.31. The first kappa shape index (κ1) is 11.6. The van der Waals surface area contributed by atoms with E-state index in [4.69, 9.17) is 0 Å². The summed E-state index contributed by atoms with van der Waals surface area (Å²) in [7, 11) is 0. The first-order valence-corrected chi connectivity index (χ1v) is 6.05. The lowest BCUT2D eigenvalue weighted by Crippen LogP contribution is -2.00.